The molecule has 4 saturated carbocycles. The molecule has 0 spiro atoms. The summed E-state index contributed by atoms with van der Waals surface area (Å²) in [4.78, 5) is 0. The van der Waals surface area contributed by atoms with Crippen LogP contribution in [0.15, 0.2) is 12.2 Å². The Balaban J connectivity index is 0.00000480. The number of allylic oxidation sites excluding steroid dienone is 1. The Hall–Kier alpha value is 0.290. The molecule has 16 atom stereocenters. The fourth-order valence-electron chi connectivity index (χ4n) is 10.5. The van der Waals surface area contributed by atoms with Gasteiger partial charge in [0, 0.05) is 12.3 Å². The van der Waals surface area contributed by atoms with Crippen molar-refractivity contribution in [2.75, 3.05) is 6.61 Å². The quantitative estimate of drug-likeness (QED) is 0.0727. The van der Waals surface area contributed by atoms with Crippen molar-refractivity contribution < 1.29 is 86.8 Å². The molecule has 0 radical (unpaired) electrons. The van der Waals surface area contributed by atoms with Crippen LogP contribution in [0.4, 0.5) is 0 Å². The third-order valence-corrected chi connectivity index (χ3v) is 13.1. The van der Waals surface area contributed by atoms with E-state index in [1.165, 1.54) is 0 Å². The van der Waals surface area contributed by atoms with Crippen LogP contribution in [0.25, 0.3) is 0 Å². The largest absolute Gasteiger partial charge is 1.00 e. The van der Waals surface area contributed by atoms with Crippen molar-refractivity contribution >= 4 is 10.4 Å². The van der Waals surface area contributed by atoms with Gasteiger partial charge in [-0.1, -0.05) is 46.8 Å². The number of fused-ring (bicyclic) bond motifs is 5. The van der Waals surface area contributed by atoms with Crippen LogP contribution < -0.4 is 29.6 Å². The molecule has 1 saturated heterocycles. The molecule has 5 fully saturated rings. The van der Waals surface area contributed by atoms with Gasteiger partial charge in [0.15, 0.2) is 6.29 Å². The minimum Gasteiger partial charge on any atom is -0.726 e. The van der Waals surface area contributed by atoms with Crippen molar-refractivity contribution in [2.24, 2.45) is 46.3 Å². The van der Waals surface area contributed by atoms with Gasteiger partial charge in [-0.3, -0.25) is 4.18 Å². The van der Waals surface area contributed by atoms with Gasteiger partial charge in [-0.2, -0.15) is 0 Å². The summed E-state index contributed by atoms with van der Waals surface area (Å²) < 4.78 is 48.6. The van der Waals surface area contributed by atoms with Gasteiger partial charge in [0.1, 0.15) is 18.3 Å². The molecule has 4 aliphatic carbocycles. The molecule has 0 bridgehead atoms. The maximum absolute atomic E-state index is 12.5. The van der Waals surface area contributed by atoms with Gasteiger partial charge >= 0.3 is 29.6 Å². The molecule has 0 aromatic carbocycles. The smallest absolute Gasteiger partial charge is 0.726 e. The van der Waals surface area contributed by atoms with Gasteiger partial charge in [0.2, 0.25) is 10.4 Å². The summed E-state index contributed by atoms with van der Waals surface area (Å²) in [6.45, 7) is 9.76. The number of rotatable bonds is 8. The normalized spacial score (nSPS) is 49.1. The maximum Gasteiger partial charge on any atom is 1.00 e. The van der Waals surface area contributed by atoms with Gasteiger partial charge in [-0.25, -0.2) is 8.42 Å². The summed E-state index contributed by atoms with van der Waals surface area (Å²) in [6.07, 6.45) is -0.535. The average Bonchev–Trinajstić information content (AvgIpc) is 3.21. The molecule has 0 aromatic rings. The molecule has 260 valence electrons. The molecule has 5 rings (SSSR count). The minimum atomic E-state index is -5.11. The van der Waals surface area contributed by atoms with Crippen molar-refractivity contribution in [1.82, 2.24) is 0 Å². The fraction of sp³-hybridized carbons (Fsp3) is 0.938. The number of hydrogen-bond donors (Lipinski definition) is 6. The maximum atomic E-state index is 12.5. The fourth-order valence-corrected chi connectivity index (χ4v) is 10.9. The van der Waals surface area contributed by atoms with E-state index in [-0.39, 0.29) is 76.4 Å². The topological polar surface area (TPSA) is 206 Å². The Kier molecular flexibility index (Phi) is 12.0. The Morgan fingerprint density at radius 2 is 1.59 bits per heavy atom. The summed E-state index contributed by atoms with van der Waals surface area (Å²) in [5.41, 5.74) is -1.92. The first-order chi connectivity index (χ1) is 20.8. The Bertz CT molecular complexity index is 1200. The van der Waals surface area contributed by atoms with Crippen LogP contribution in [0.1, 0.15) is 79.6 Å². The summed E-state index contributed by atoms with van der Waals surface area (Å²) in [6, 6.07) is 0. The third-order valence-electron chi connectivity index (χ3n) is 12.6. The molecule has 6 N–H and O–H groups in total. The zero-order valence-electron chi connectivity index (χ0n) is 27.9. The van der Waals surface area contributed by atoms with Gasteiger partial charge in [-0.15, -0.1) is 0 Å². The van der Waals surface area contributed by atoms with Crippen molar-refractivity contribution in [3.05, 3.63) is 12.2 Å². The Labute approximate surface area is 295 Å². The van der Waals surface area contributed by atoms with Crippen LogP contribution >= 0.6 is 0 Å². The molecule has 5 aliphatic rings. The number of hydrogen-bond acceptors (Lipinski definition) is 12. The van der Waals surface area contributed by atoms with Crippen LogP contribution in [-0.2, 0) is 24.1 Å². The summed E-state index contributed by atoms with van der Waals surface area (Å²) >= 11 is 0. The molecule has 0 aromatic heterocycles. The van der Waals surface area contributed by atoms with Crippen LogP contribution in [0, 0.1) is 46.3 Å². The van der Waals surface area contributed by atoms with Gasteiger partial charge < -0.3 is 44.7 Å². The SMILES string of the molecule is CC(C)[C@H](/C=C/[C@@H](C)C1C[C@@H](O)C2C1(C)CCC1C3(C)CC[C@H](O)CC3[C@@H](O)C[C@]12O)OC1OCC(OS(=O)(=O)[O-])C(O)C1O.[Na+]. The molecule has 1 aliphatic heterocycles. The number of aliphatic hydroxyl groups is 6. The van der Waals surface area contributed by atoms with E-state index in [0.717, 1.165) is 19.3 Å². The predicted octanol–water partition coefficient (Wildman–Crippen LogP) is -1.78. The van der Waals surface area contributed by atoms with E-state index in [2.05, 4.69) is 25.0 Å². The Morgan fingerprint density at radius 1 is 0.935 bits per heavy atom. The first-order valence-corrected chi connectivity index (χ1v) is 17.9. The molecule has 1 heterocycles. The molecule has 14 heteroatoms. The zero-order chi connectivity index (χ0) is 33.3. The van der Waals surface area contributed by atoms with E-state index in [1.807, 2.05) is 26.0 Å². The summed E-state index contributed by atoms with van der Waals surface area (Å²) in [7, 11) is -5.11. The van der Waals surface area contributed by atoms with Crippen LogP contribution in [0.5, 0.6) is 0 Å². The van der Waals surface area contributed by atoms with Crippen LogP contribution in [-0.4, -0.2) is 105 Å². The molecule has 46 heavy (non-hydrogen) atoms. The molecule has 0 amide bonds. The van der Waals surface area contributed by atoms with Crippen molar-refractivity contribution in [2.45, 2.75) is 134 Å². The first kappa shape index (κ1) is 39.1. The minimum absolute atomic E-state index is 0. The standard InChI is InChI=1S/C32H54O12S.Na/c1-16(2)23(43-29-27(37)26(36)24(15-42-29)44-45(39,40)41)7-6-17(3)19-13-21(34)28-31(19,5)11-9-25-30(4)10-8-18(33)12-20(30)22(35)14-32(25,28)38;/h6-7,16-29,33-38H,8-15H2,1-5H3,(H,39,40,41);/q;+1/p-1/b7-6+;/t17-,18+,19?,20?,21-,22+,23+,24?,25?,26?,27?,28?,29?,30?,31?,32+;/m1./s1. The molecule has 10 unspecified atom stereocenters. The molecular formula is C32H53NaO12S. The van der Waals surface area contributed by atoms with E-state index in [9.17, 15) is 43.6 Å². The van der Waals surface area contributed by atoms with E-state index >= 15 is 0 Å². The second kappa shape index (κ2) is 14.1. The van der Waals surface area contributed by atoms with E-state index in [0.29, 0.717) is 19.3 Å². The Morgan fingerprint density at radius 3 is 2.22 bits per heavy atom. The zero-order valence-corrected chi connectivity index (χ0v) is 30.8. The molecular weight excluding hydrogens is 631 g/mol. The molecule has 12 nitrogen and oxygen atoms in total. The number of ether oxygens (including phenoxy) is 2. The van der Waals surface area contributed by atoms with Gasteiger partial charge in [0.25, 0.3) is 0 Å². The van der Waals surface area contributed by atoms with E-state index < -0.39 is 77.5 Å². The third kappa shape index (κ3) is 7.08. The first-order valence-electron chi connectivity index (χ1n) is 16.5. The van der Waals surface area contributed by atoms with Crippen LogP contribution in [0.2, 0.25) is 0 Å². The monoisotopic (exact) mass is 684 g/mol. The van der Waals surface area contributed by atoms with Gasteiger partial charge in [0.05, 0.1) is 36.6 Å². The number of aliphatic hydroxyl groups excluding tert-OH is 5. The van der Waals surface area contributed by atoms with E-state index in [4.69, 9.17) is 9.47 Å². The summed E-state index contributed by atoms with van der Waals surface area (Å²) in [5, 5.41) is 66.6. The second-order valence-corrected chi connectivity index (χ2v) is 16.6. The van der Waals surface area contributed by atoms with Gasteiger partial charge in [-0.05, 0) is 78.9 Å². The van der Waals surface area contributed by atoms with Crippen molar-refractivity contribution in [3.63, 3.8) is 0 Å². The van der Waals surface area contributed by atoms with Crippen LogP contribution in [0.3, 0.4) is 0 Å². The van der Waals surface area contributed by atoms with E-state index in [1.54, 1.807) is 0 Å². The predicted molar refractivity (Wildman–Crippen MR) is 160 cm³/mol. The van der Waals surface area contributed by atoms with Crippen molar-refractivity contribution in [1.29, 1.82) is 0 Å². The second-order valence-electron chi connectivity index (χ2n) is 15.6. The summed E-state index contributed by atoms with van der Waals surface area (Å²) in [5.74, 6) is -0.611. The average molecular weight is 685 g/mol. The van der Waals surface area contributed by atoms with Crippen molar-refractivity contribution in [3.8, 4) is 0 Å².